The summed E-state index contributed by atoms with van der Waals surface area (Å²) in [5.41, 5.74) is 0. The van der Waals surface area contributed by atoms with Gasteiger partial charge in [-0.15, -0.1) is 10.2 Å². The molecule has 7 nitrogen and oxygen atoms in total. The number of ether oxygens (including phenoxy) is 1. The van der Waals surface area contributed by atoms with Gasteiger partial charge < -0.3 is 15.0 Å². The SMILES string of the molecule is CC[C@H](C)Sc1nnc(NC(=O)[C@@H]2CC(=O)N([C@@H](C)COC)C2)s1. The van der Waals surface area contributed by atoms with E-state index in [1.807, 2.05) is 6.92 Å². The van der Waals surface area contributed by atoms with Gasteiger partial charge in [0, 0.05) is 25.3 Å². The molecule has 0 unspecified atom stereocenters. The smallest absolute Gasteiger partial charge is 0.231 e. The number of hydrogen-bond donors (Lipinski definition) is 1. The molecule has 0 aromatic carbocycles. The average molecular weight is 373 g/mol. The summed E-state index contributed by atoms with van der Waals surface area (Å²) in [6.45, 7) is 7.05. The summed E-state index contributed by atoms with van der Waals surface area (Å²) in [5.74, 6) is -0.539. The first kappa shape index (κ1) is 19.1. The Bertz CT molecular complexity index is 581. The zero-order valence-corrected chi connectivity index (χ0v) is 16.1. The Morgan fingerprint density at radius 3 is 2.92 bits per heavy atom. The topological polar surface area (TPSA) is 84.4 Å². The lowest BCUT2D eigenvalue weighted by molar-refractivity contribution is -0.130. The van der Waals surface area contributed by atoms with Crippen LogP contribution in [0.4, 0.5) is 5.13 Å². The number of thioether (sulfide) groups is 1. The van der Waals surface area contributed by atoms with Crippen molar-refractivity contribution in [2.75, 3.05) is 25.6 Å². The molecule has 0 spiro atoms. The third kappa shape index (κ3) is 4.90. The number of likely N-dealkylation sites (tertiary alicyclic amines) is 1. The van der Waals surface area contributed by atoms with E-state index in [1.165, 1.54) is 11.3 Å². The first-order valence-electron chi connectivity index (χ1n) is 8.04. The zero-order valence-electron chi connectivity index (χ0n) is 14.4. The number of nitrogens with one attached hydrogen (secondary N) is 1. The van der Waals surface area contributed by atoms with Crippen LogP contribution in [0.5, 0.6) is 0 Å². The van der Waals surface area contributed by atoms with Crippen LogP contribution < -0.4 is 5.32 Å². The van der Waals surface area contributed by atoms with Gasteiger partial charge in [0.15, 0.2) is 4.34 Å². The van der Waals surface area contributed by atoms with Crippen LogP contribution in [0, 0.1) is 5.92 Å². The highest BCUT2D eigenvalue weighted by Crippen LogP contribution is 2.30. The highest BCUT2D eigenvalue weighted by atomic mass is 32.2. The summed E-state index contributed by atoms with van der Waals surface area (Å²) in [4.78, 5) is 26.2. The Kier molecular flexibility index (Phi) is 7.00. The van der Waals surface area contributed by atoms with Crippen molar-refractivity contribution >= 4 is 40.0 Å². The van der Waals surface area contributed by atoms with Crippen LogP contribution in [0.25, 0.3) is 0 Å². The predicted octanol–water partition coefficient (Wildman–Crippen LogP) is 2.25. The maximum atomic E-state index is 12.4. The Morgan fingerprint density at radius 2 is 2.25 bits per heavy atom. The second-order valence-corrected chi connectivity index (χ2v) is 8.61. The van der Waals surface area contributed by atoms with E-state index < -0.39 is 0 Å². The van der Waals surface area contributed by atoms with E-state index in [0.717, 1.165) is 10.8 Å². The monoisotopic (exact) mass is 372 g/mol. The van der Waals surface area contributed by atoms with E-state index in [-0.39, 0.29) is 30.2 Å². The molecule has 9 heteroatoms. The first-order valence-corrected chi connectivity index (χ1v) is 9.73. The molecule has 0 saturated carbocycles. The van der Waals surface area contributed by atoms with Gasteiger partial charge in [-0.2, -0.15) is 0 Å². The van der Waals surface area contributed by atoms with Crippen LogP contribution in [0.3, 0.4) is 0 Å². The fourth-order valence-electron chi connectivity index (χ4n) is 2.44. The molecule has 0 radical (unpaired) electrons. The molecule has 2 heterocycles. The maximum Gasteiger partial charge on any atom is 0.231 e. The van der Waals surface area contributed by atoms with Crippen molar-refractivity contribution in [3.63, 3.8) is 0 Å². The molecule has 24 heavy (non-hydrogen) atoms. The molecule has 1 N–H and O–H groups in total. The number of aromatic nitrogens is 2. The summed E-state index contributed by atoms with van der Waals surface area (Å²) < 4.78 is 5.93. The molecular weight excluding hydrogens is 348 g/mol. The molecule has 2 rings (SSSR count). The number of amides is 2. The molecule has 0 aliphatic carbocycles. The Labute approximate surface area is 150 Å². The van der Waals surface area contributed by atoms with Gasteiger partial charge in [0.1, 0.15) is 0 Å². The van der Waals surface area contributed by atoms with Gasteiger partial charge >= 0.3 is 0 Å². The Morgan fingerprint density at radius 1 is 1.50 bits per heavy atom. The molecule has 1 fully saturated rings. The van der Waals surface area contributed by atoms with Crippen molar-refractivity contribution in [2.24, 2.45) is 5.92 Å². The number of nitrogens with zero attached hydrogens (tertiary/aromatic N) is 3. The van der Waals surface area contributed by atoms with Gasteiger partial charge in [-0.3, -0.25) is 9.59 Å². The van der Waals surface area contributed by atoms with Crippen molar-refractivity contribution in [3.05, 3.63) is 0 Å². The number of methoxy groups -OCH3 is 1. The van der Waals surface area contributed by atoms with Crippen LogP contribution in [-0.4, -0.2) is 58.5 Å². The molecule has 1 aliphatic heterocycles. The Balaban J connectivity index is 1.90. The van der Waals surface area contributed by atoms with Crippen molar-refractivity contribution in [3.8, 4) is 0 Å². The van der Waals surface area contributed by atoms with Gasteiger partial charge in [-0.05, 0) is 13.3 Å². The second kappa shape index (κ2) is 8.77. The first-order chi connectivity index (χ1) is 11.4. The number of rotatable bonds is 8. The number of anilines is 1. The van der Waals surface area contributed by atoms with E-state index in [4.69, 9.17) is 4.74 Å². The fraction of sp³-hybridized carbons (Fsp3) is 0.733. The predicted molar refractivity (Wildman–Crippen MR) is 95.3 cm³/mol. The molecule has 1 aromatic heterocycles. The van der Waals surface area contributed by atoms with Crippen LogP contribution in [0.15, 0.2) is 4.34 Å². The summed E-state index contributed by atoms with van der Waals surface area (Å²) in [5, 5.41) is 11.8. The second-order valence-electron chi connectivity index (χ2n) is 5.95. The summed E-state index contributed by atoms with van der Waals surface area (Å²) in [6.07, 6.45) is 1.28. The molecule has 0 bridgehead atoms. The largest absolute Gasteiger partial charge is 0.383 e. The molecule has 1 aliphatic rings. The minimum absolute atomic E-state index is 0.00928. The molecule has 1 saturated heterocycles. The van der Waals surface area contributed by atoms with Crippen molar-refractivity contribution in [1.82, 2.24) is 15.1 Å². The van der Waals surface area contributed by atoms with E-state index in [2.05, 4.69) is 29.4 Å². The zero-order chi connectivity index (χ0) is 17.7. The molecule has 134 valence electrons. The van der Waals surface area contributed by atoms with Crippen molar-refractivity contribution in [2.45, 2.75) is 49.2 Å². The van der Waals surface area contributed by atoms with Gasteiger partial charge in [0.05, 0.1) is 18.6 Å². The van der Waals surface area contributed by atoms with Crippen molar-refractivity contribution < 1.29 is 14.3 Å². The van der Waals surface area contributed by atoms with Crippen LogP contribution in [-0.2, 0) is 14.3 Å². The quantitative estimate of drug-likeness (QED) is 0.556. The maximum absolute atomic E-state index is 12.4. The third-order valence-electron chi connectivity index (χ3n) is 3.98. The normalized spacial score (nSPS) is 20.2. The standard InChI is InChI=1S/C15H24N4O3S2/c1-5-10(3)23-15-18-17-14(24-15)16-13(21)11-6-12(20)19(7-11)9(2)8-22-4/h9-11H,5-8H2,1-4H3,(H,16,17,21)/t9-,10-,11+/m0/s1. The van der Waals surface area contributed by atoms with E-state index in [0.29, 0.717) is 23.5 Å². The Hall–Kier alpha value is -1.19. The van der Waals surface area contributed by atoms with E-state index >= 15 is 0 Å². The minimum Gasteiger partial charge on any atom is -0.383 e. The van der Waals surface area contributed by atoms with Crippen LogP contribution in [0.2, 0.25) is 0 Å². The number of hydrogen-bond acceptors (Lipinski definition) is 7. The molecule has 3 atom stereocenters. The van der Waals surface area contributed by atoms with E-state index in [1.54, 1.807) is 23.8 Å². The molecule has 2 amide bonds. The average Bonchev–Trinajstić information content (AvgIpc) is 3.14. The van der Waals surface area contributed by atoms with Crippen LogP contribution >= 0.6 is 23.1 Å². The number of carbonyl (C=O) groups excluding carboxylic acids is 2. The third-order valence-corrected chi connectivity index (χ3v) is 6.17. The van der Waals surface area contributed by atoms with Gasteiger partial charge in [0.25, 0.3) is 0 Å². The lowest BCUT2D eigenvalue weighted by atomic mass is 10.1. The van der Waals surface area contributed by atoms with Gasteiger partial charge in [0.2, 0.25) is 16.9 Å². The van der Waals surface area contributed by atoms with Crippen LogP contribution in [0.1, 0.15) is 33.6 Å². The lowest BCUT2D eigenvalue weighted by Crippen LogP contribution is -2.38. The summed E-state index contributed by atoms with van der Waals surface area (Å²) >= 11 is 3.02. The van der Waals surface area contributed by atoms with Gasteiger partial charge in [-0.1, -0.05) is 36.9 Å². The molecular formula is C15H24N4O3S2. The highest BCUT2D eigenvalue weighted by molar-refractivity contribution is 8.01. The number of carbonyl (C=O) groups is 2. The molecule has 1 aromatic rings. The van der Waals surface area contributed by atoms with Crippen molar-refractivity contribution in [1.29, 1.82) is 0 Å². The fourth-order valence-corrected chi connectivity index (χ4v) is 4.44. The van der Waals surface area contributed by atoms with E-state index in [9.17, 15) is 9.59 Å². The summed E-state index contributed by atoms with van der Waals surface area (Å²) in [7, 11) is 1.60. The minimum atomic E-state index is -0.355. The highest BCUT2D eigenvalue weighted by Gasteiger charge is 2.36. The lowest BCUT2D eigenvalue weighted by Gasteiger charge is -2.23. The summed E-state index contributed by atoms with van der Waals surface area (Å²) in [6, 6.07) is -0.0274. The van der Waals surface area contributed by atoms with Gasteiger partial charge in [-0.25, -0.2) is 0 Å².